The summed E-state index contributed by atoms with van der Waals surface area (Å²) < 4.78 is 24.2. The number of rotatable bonds is 5. The topological polar surface area (TPSA) is 66.4 Å². The molecular formula is C11H17F2NO3. The molecule has 1 saturated carbocycles. The van der Waals surface area contributed by atoms with Gasteiger partial charge in [0.25, 0.3) is 0 Å². The number of hydrogen-bond donors (Lipinski definition) is 2. The van der Waals surface area contributed by atoms with E-state index in [-0.39, 0.29) is 5.92 Å². The van der Waals surface area contributed by atoms with Gasteiger partial charge in [-0.25, -0.2) is 13.6 Å². The van der Waals surface area contributed by atoms with Crippen LogP contribution in [-0.2, 0) is 9.59 Å². The van der Waals surface area contributed by atoms with Gasteiger partial charge in [-0.1, -0.05) is 19.3 Å². The molecule has 17 heavy (non-hydrogen) atoms. The number of aliphatic carboxylic acids is 1. The summed E-state index contributed by atoms with van der Waals surface area (Å²) in [4.78, 5) is 22.4. The fourth-order valence-electron chi connectivity index (χ4n) is 2.05. The van der Waals surface area contributed by atoms with E-state index < -0.39 is 30.8 Å². The van der Waals surface area contributed by atoms with E-state index in [0.717, 1.165) is 19.3 Å². The molecule has 1 rings (SSSR count). The lowest BCUT2D eigenvalue weighted by Gasteiger charge is -2.23. The molecule has 1 atom stereocenters. The van der Waals surface area contributed by atoms with Gasteiger partial charge in [0.1, 0.15) is 6.04 Å². The molecule has 1 aliphatic rings. The summed E-state index contributed by atoms with van der Waals surface area (Å²) >= 11 is 0. The van der Waals surface area contributed by atoms with E-state index in [1.807, 2.05) is 0 Å². The molecule has 0 bridgehead atoms. The molecule has 1 unspecified atom stereocenters. The second-order valence-corrected chi connectivity index (χ2v) is 4.36. The summed E-state index contributed by atoms with van der Waals surface area (Å²) in [6.45, 7) is 0. The summed E-state index contributed by atoms with van der Waals surface area (Å²) in [5.41, 5.74) is 0. The lowest BCUT2D eigenvalue weighted by Crippen LogP contribution is -2.45. The minimum Gasteiger partial charge on any atom is -0.480 e. The van der Waals surface area contributed by atoms with Crippen LogP contribution in [0.15, 0.2) is 0 Å². The zero-order valence-electron chi connectivity index (χ0n) is 9.49. The molecule has 4 nitrogen and oxygen atoms in total. The first-order valence-corrected chi connectivity index (χ1v) is 5.82. The van der Waals surface area contributed by atoms with E-state index in [0.29, 0.717) is 12.8 Å². The maximum absolute atomic E-state index is 12.1. The van der Waals surface area contributed by atoms with Gasteiger partial charge in [-0.2, -0.15) is 0 Å². The zero-order valence-corrected chi connectivity index (χ0v) is 9.49. The van der Waals surface area contributed by atoms with Crippen LogP contribution in [0.25, 0.3) is 0 Å². The molecule has 0 saturated heterocycles. The third-order valence-electron chi connectivity index (χ3n) is 3.00. The van der Waals surface area contributed by atoms with Crippen LogP contribution in [0.3, 0.4) is 0 Å². The molecule has 1 amide bonds. The van der Waals surface area contributed by atoms with Crippen LogP contribution in [0.5, 0.6) is 0 Å². The molecule has 0 aliphatic heterocycles. The Morgan fingerprint density at radius 1 is 1.24 bits per heavy atom. The fraction of sp³-hybridized carbons (Fsp3) is 0.818. The first-order chi connectivity index (χ1) is 8.00. The Kier molecular flexibility index (Phi) is 5.31. The van der Waals surface area contributed by atoms with E-state index in [2.05, 4.69) is 5.32 Å². The van der Waals surface area contributed by atoms with Crippen LogP contribution in [0.2, 0.25) is 0 Å². The number of carboxylic acids is 1. The highest BCUT2D eigenvalue weighted by molar-refractivity contribution is 5.85. The van der Waals surface area contributed by atoms with Gasteiger partial charge in [-0.3, -0.25) is 4.79 Å². The molecule has 0 radical (unpaired) electrons. The molecule has 1 fully saturated rings. The highest BCUT2D eigenvalue weighted by atomic mass is 19.3. The van der Waals surface area contributed by atoms with Crippen molar-refractivity contribution in [3.05, 3.63) is 0 Å². The SMILES string of the molecule is O=C(NC(CC(F)F)C(=O)O)C1CCCCC1. The number of amides is 1. The average molecular weight is 249 g/mol. The lowest BCUT2D eigenvalue weighted by atomic mass is 9.88. The van der Waals surface area contributed by atoms with Crippen molar-refractivity contribution < 1.29 is 23.5 Å². The molecule has 0 aromatic rings. The first kappa shape index (κ1) is 13.9. The summed E-state index contributed by atoms with van der Waals surface area (Å²) in [5, 5.41) is 10.9. The summed E-state index contributed by atoms with van der Waals surface area (Å²) in [6, 6.07) is -1.48. The van der Waals surface area contributed by atoms with E-state index in [9.17, 15) is 18.4 Å². The van der Waals surface area contributed by atoms with Crippen LogP contribution in [0.4, 0.5) is 8.78 Å². The molecule has 1 aliphatic carbocycles. The van der Waals surface area contributed by atoms with Gasteiger partial charge >= 0.3 is 5.97 Å². The zero-order chi connectivity index (χ0) is 12.8. The highest BCUT2D eigenvalue weighted by Crippen LogP contribution is 2.23. The molecular weight excluding hydrogens is 232 g/mol. The van der Waals surface area contributed by atoms with Crippen molar-refractivity contribution in [1.29, 1.82) is 0 Å². The highest BCUT2D eigenvalue weighted by Gasteiger charge is 2.28. The number of alkyl halides is 2. The number of hydrogen-bond acceptors (Lipinski definition) is 2. The van der Waals surface area contributed by atoms with E-state index in [1.165, 1.54) is 0 Å². The van der Waals surface area contributed by atoms with E-state index >= 15 is 0 Å². The minimum absolute atomic E-state index is 0.219. The first-order valence-electron chi connectivity index (χ1n) is 5.82. The van der Waals surface area contributed by atoms with Gasteiger partial charge in [0, 0.05) is 12.3 Å². The second kappa shape index (κ2) is 6.51. The largest absolute Gasteiger partial charge is 0.480 e. The molecule has 0 spiro atoms. The predicted octanol–water partition coefficient (Wildman–Crippen LogP) is 1.79. The van der Waals surface area contributed by atoms with Gasteiger partial charge in [-0.15, -0.1) is 0 Å². The summed E-state index contributed by atoms with van der Waals surface area (Å²) in [7, 11) is 0. The van der Waals surface area contributed by atoms with Crippen LogP contribution in [-0.4, -0.2) is 29.5 Å². The van der Waals surface area contributed by atoms with Gasteiger partial charge in [0.05, 0.1) is 0 Å². The second-order valence-electron chi connectivity index (χ2n) is 4.36. The normalized spacial score (nSPS) is 19.0. The maximum atomic E-state index is 12.1. The minimum atomic E-state index is -2.73. The van der Waals surface area contributed by atoms with Crippen molar-refractivity contribution in [3.8, 4) is 0 Å². The summed E-state index contributed by atoms with van der Waals surface area (Å²) in [6.07, 6.45) is 0.800. The van der Waals surface area contributed by atoms with Gasteiger partial charge < -0.3 is 10.4 Å². The Balaban J connectivity index is 2.47. The molecule has 2 N–H and O–H groups in total. The number of halogens is 2. The third kappa shape index (κ3) is 4.66. The van der Waals surface area contributed by atoms with Crippen molar-refractivity contribution >= 4 is 11.9 Å². The molecule has 0 aromatic heterocycles. The van der Waals surface area contributed by atoms with Crippen LogP contribution in [0.1, 0.15) is 38.5 Å². The Morgan fingerprint density at radius 3 is 2.29 bits per heavy atom. The van der Waals surface area contributed by atoms with E-state index in [4.69, 9.17) is 5.11 Å². The smallest absolute Gasteiger partial charge is 0.326 e. The third-order valence-corrected chi connectivity index (χ3v) is 3.00. The number of carbonyl (C=O) groups is 2. The Bertz CT molecular complexity index is 278. The Labute approximate surface area is 98.4 Å². The van der Waals surface area contributed by atoms with Crippen LogP contribution < -0.4 is 5.32 Å². The monoisotopic (exact) mass is 249 g/mol. The molecule has 0 heterocycles. The van der Waals surface area contributed by atoms with Crippen molar-refractivity contribution in [1.82, 2.24) is 5.32 Å². The number of carbonyl (C=O) groups excluding carboxylic acids is 1. The number of nitrogens with one attached hydrogen (secondary N) is 1. The maximum Gasteiger partial charge on any atom is 0.326 e. The Hall–Kier alpha value is -1.20. The quantitative estimate of drug-likeness (QED) is 0.780. The molecule has 6 heteroatoms. The molecule has 0 aromatic carbocycles. The van der Waals surface area contributed by atoms with Gasteiger partial charge in [-0.05, 0) is 12.8 Å². The number of carboxylic acid groups (broad SMARTS) is 1. The summed E-state index contributed by atoms with van der Waals surface area (Å²) in [5.74, 6) is -2.03. The fourth-order valence-corrected chi connectivity index (χ4v) is 2.05. The van der Waals surface area contributed by atoms with Crippen LogP contribution >= 0.6 is 0 Å². The lowest BCUT2D eigenvalue weighted by molar-refractivity contribution is -0.143. The Morgan fingerprint density at radius 2 is 1.82 bits per heavy atom. The van der Waals surface area contributed by atoms with Gasteiger partial charge in [0.15, 0.2) is 0 Å². The van der Waals surface area contributed by atoms with Gasteiger partial charge in [0.2, 0.25) is 12.3 Å². The van der Waals surface area contributed by atoms with Crippen LogP contribution in [0, 0.1) is 5.92 Å². The van der Waals surface area contributed by atoms with Crippen molar-refractivity contribution in [2.75, 3.05) is 0 Å². The predicted molar refractivity (Wildman–Crippen MR) is 56.8 cm³/mol. The van der Waals surface area contributed by atoms with Crippen molar-refractivity contribution in [2.24, 2.45) is 5.92 Å². The molecule has 98 valence electrons. The standard InChI is InChI=1S/C11H17F2NO3/c12-9(13)6-8(11(16)17)14-10(15)7-4-2-1-3-5-7/h7-9H,1-6H2,(H,14,15)(H,16,17). The van der Waals surface area contributed by atoms with E-state index in [1.54, 1.807) is 0 Å². The van der Waals surface area contributed by atoms with Crippen molar-refractivity contribution in [2.45, 2.75) is 51.0 Å². The van der Waals surface area contributed by atoms with Crippen molar-refractivity contribution in [3.63, 3.8) is 0 Å². The average Bonchev–Trinajstić information content (AvgIpc) is 2.28.